The number of nitrogens with zero attached hydrogens (tertiary/aromatic N) is 1. The summed E-state index contributed by atoms with van der Waals surface area (Å²) in [5, 5.41) is 0. The third-order valence-electron chi connectivity index (χ3n) is 4.71. The molecule has 1 fully saturated rings. The standard InChI is InChI=1S/C24H16BrF2NO3S2/c1-30-20-11-15(10-17(25)22(20)31-13-14-5-4-6-16(26)9-14)12-21-23(29)28(24(32)33-21)19-8-3-2-7-18(19)27/h2-12H,13H2,1H3/b21-12-. The molecule has 0 saturated carbocycles. The van der Waals surface area contributed by atoms with Crippen molar-refractivity contribution in [3.05, 3.63) is 92.8 Å². The highest BCUT2D eigenvalue weighted by molar-refractivity contribution is 9.10. The number of thiocarbonyl (C=S) groups is 1. The summed E-state index contributed by atoms with van der Waals surface area (Å²) in [5.41, 5.74) is 1.44. The van der Waals surface area contributed by atoms with Crippen LogP contribution in [-0.4, -0.2) is 17.3 Å². The first-order valence-electron chi connectivity index (χ1n) is 9.64. The Labute approximate surface area is 207 Å². The maximum Gasteiger partial charge on any atom is 0.270 e. The molecule has 1 amide bonds. The number of carbonyl (C=O) groups is 1. The first-order chi connectivity index (χ1) is 15.9. The van der Waals surface area contributed by atoms with Gasteiger partial charge in [0.2, 0.25) is 0 Å². The van der Waals surface area contributed by atoms with Crippen molar-refractivity contribution in [2.45, 2.75) is 6.61 Å². The molecule has 0 aliphatic carbocycles. The van der Waals surface area contributed by atoms with Crippen LogP contribution >= 0.6 is 39.9 Å². The van der Waals surface area contributed by atoms with Gasteiger partial charge in [0.25, 0.3) is 5.91 Å². The van der Waals surface area contributed by atoms with Crippen molar-refractivity contribution in [1.29, 1.82) is 0 Å². The van der Waals surface area contributed by atoms with Crippen LogP contribution in [0, 0.1) is 11.6 Å². The van der Waals surface area contributed by atoms with E-state index in [1.54, 1.807) is 42.5 Å². The summed E-state index contributed by atoms with van der Waals surface area (Å²) in [7, 11) is 1.50. The van der Waals surface area contributed by atoms with E-state index in [1.807, 2.05) is 0 Å². The highest BCUT2D eigenvalue weighted by atomic mass is 79.9. The Kier molecular flexibility index (Phi) is 7.11. The number of hydrogen-bond donors (Lipinski definition) is 0. The molecule has 1 saturated heterocycles. The van der Waals surface area contributed by atoms with Gasteiger partial charge in [-0.25, -0.2) is 8.78 Å². The van der Waals surface area contributed by atoms with Crippen LogP contribution in [0.4, 0.5) is 14.5 Å². The number of anilines is 1. The van der Waals surface area contributed by atoms with Gasteiger partial charge >= 0.3 is 0 Å². The molecule has 3 aromatic rings. The first-order valence-corrected chi connectivity index (χ1v) is 11.7. The predicted octanol–water partition coefficient (Wildman–Crippen LogP) is 6.72. The molecule has 0 spiro atoms. The Hall–Kier alpha value is -2.75. The van der Waals surface area contributed by atoms with Crippen LogP contribution in [0.15, 0.2) is 70.0 Å². The van der Waals surface area contributed by atoms with E-state index in [9.17, 15) is 13.6 Å². The maximum atomic E-state index is 14.2. The minimum atomic E-state index is -0.528. The molecule has 0 N–H and O–H groups in total. The lowest BCUT2D eigenvalue weighted by Gasteiger charge is -2.15. The largest absolute Gasteiger partial charge is 0.493 e. The van der Waals surface area contributed by atoms with Crippen LogP contribution in [0.1, 0.15) is 11.1 Å². The third-order valence-corrected chi connectivity index (χ3v) is 6.60. The highest BCUT2D eigenvalue weighted by Gasteiger charge is 2.34. The van der Waals surface area contributed by atoms with Gasteiger partial charge in [-0.2, -0.15) is 0 Å². The number of rotatable bonds is 6. The smallest absolute Gasteiger partial charge is 0.270 e. The lowest BCUT2D eigenvalue weighted by Crippen LogP contribution is -2.28. The van der Waals surface area contributed by atoms with Crippen LogP contribution in [0.5, 0.6) is 11.5 Å². The quantitative estimate of drug-likeness (QED) is 0.253. The van der Waals surface area contributed by atoms with Gasteiger partial charge < -0.3 is 9.47 Å². The molecular weight excluding hydrogens is 532 g/mol. The number of carbonyl (C=O) groups excluding carboxylic acids is 1. The van der Waals surface area contributed by atoms with Crippen LogP contribution < -0.4 is 14.4 Å². The maximum absolute atomic E-state index is 14.2. The Balaban J connectivity index is 1.59. The molecule has 4 rings (SSSR count). The lowest BCUT2D eigenvalue weighted by atomic mass is 10.1. The Morgan fingerprint density at radius 2 is 1.91 bits per heavy atom. The zero-order valence-electron chi connectivity index (χ0n) is 17.2. The summed E-state index contributed by atoms with van der Waals surface area (Å²) in [5.74, 6) is -0.407. The lowest BCUT2D eigenvalue weighted by molar-refractivity contribution is -0.113. The molecule has 3 aromatic carbocycles. The van der Waals surface area contributed by atoms with Crippen LogP contribution in [-0.2, 0) is 11.4 Å². The number of thioether (sulfide) groups is 1. The summed E-state index contributed by atoms with van der Waals surface area (Å²) in [6.07, 6.45) is 1.66. The zero-order chi connectivity index (χ0) is 23.5. The second-order valence-electron chi connectivity index (χ2n) is 6.92. The average Bonchev–Trinajstić information content (AvgIpc) is 3.06. The summed E-state index contributed by atoms with van der Waals surface area (Å²) in [6, 6.07) is 15.6. The molecule has 4 nitrogen and oxygen atoms in total. The van der Waals surface area contributed by atoms with Crippen LogP contribution in [0.2, 0.25) is 0 Å². The summed E-state index contributed by atoms with van der Waals surface area (Å²) < 4.78 is 39.8. The number of methoxy groups -OCH3 is 1. The van der Waals surface area contributed by atoms with Crippen molar-refractivity contribution in [3.63, 3.8) is 0 Å². The van der Waals surface area contributed by atoms with Crippen molar-refractivity contribution in [1.82, 2.24) is 0 Å². The first kappa shape index (κ1) is 23.4. The minimum absolute atomic E-state index is 0.114. The molecule has 33 heavy (non-hydrogen) atoms. The molecule has 0 radical (unpaired) electrons. The predicted molar refractivity (Wildman–Crippen MR) is 133 cm³/mol. The Bertz CT molecular complexity index is 1280. The summed E-state index contributed by atoms with van der Waals surface area (Å²) >= 11 is 9.89. The van der Waals surface area contributed by atoms with Crippen molar-refractivity contribution in [2.24, 2.45) is 0 Å². The molecule has 1 heterocycles. The second-order valence-corrected chi connectivity index (χ2v) is 9.45. The van der Waals surface area contributed by atoms with Crippen molar-refractivity contribution in [3.8, 4) is 11.5 Å². The van der Waals surface area contributed by atoms with Gasteiger partial charge in [0.1, 0.15) is 18.2 Å². The number of amides is 1. The van der Waals surface area contributed by atoms with Crippen molar-refractivity contribution >= 4 is 61.9 Å². The fraction of sp³-hybridized carbons (Fsp3) is 0.0833. The van der Waals surface area contributed by atoms with Gasteiger partial charge in [-0.15, -0.1) is 0 Å². The number of para-hydroxylation sites is 1. The molecule has 1 aliphatic heterocycles. The van der Waals surface area contributed by atoms with E-state index >= 15 is 0 Å². The van der Waals surface area contributed by atoms with E-state index in [4.69, 9.17) is 21.7 Å². The molecular formula is C24H16BrF2NO3S2. The topological polar surface area (TPSA) is 38.8 Å². The fourth-order valence-electron chi connectivity index (χ4n) is 3.21. The number of hydrogen-bond acceptors (Lipinski definition) is 5. The number of benzene rings is 3. The molecule has 0 atom stereocenters. The number of ether oxygens (including phenoxy) is 2. The molecule has 1 aliphatic rings. The molecule has 0 bridgehead atoms. The van der Waals surface area contributed by atoms with E-state index in [0.717, 1.165) is 11.8 Å². The van der Waals surface area contributed by atoms with Crippen molar-refractivity contribution < 1.29 is 23.0 Å². The van der Waals surface area contributed by atoms with E-state index in [-0.39, 0.29) is 22.4 Å². The van der Waals surface area contributed by atoms with E-state index in [2.05, 4.69) is 15.9 Å². The summed E-state index contributed by atoms with van der Waals surface area (Å²) in [4.78, 5) is 14.5. The van der Waals surface area contributed by atoms with Crippen LogP contribution in [0.25, 0.3) is 6.08 Å². The van der Waals surface area contributed by atoms with E-state index in [0.29, 0.717) is 32.0 Å². The molecule has 168 valence electrons. The van der Waals surface area contributed by atoms with Crippen LogP contribution in [0.3, 0.4) is 0 Å². The average molecular weight is 548 g/mol. The molecule has 0 aromatic heterocycles. The second kappa shape index (κ2) is 10.0. The molecule has 0 unspecified atom stereocenters. The van der Waals surface area contributed by atoms with Gasteiger partial charge in [0, 0.05) is 0 Å². The van der Waals surface area contributed by atoms with Gasteiger partial charge in [-0.3, -0.25) is 9.69 Å². The van der Waals surface area contributed by atoms with E-state index in [1.165, 1.54) is 36.3 Å². The summed E-state index contributed by atoms with van der Waals surface area (Å²) in [6.45, 7) is 0.146. The fourth-order valence-corrected chi connectivity index (χ4v) is 5.06. The zero-order valence-corrected chi connectivity index (χ0v) is 20.4. The van der Waals surface area contributed by atoms with Gasteiger partial charge in [-0.05, 0) is 69.5 Å². The molecule has 9 heteroatoms. The van der Waals surface area contributed by atoms with Gasteiger partial charge in [0.05, 0.1) is 22.2 Å². The SMILES string of the molecule is COc1cc(/C=C2\SC(=S)N(c3ccccc3F)C2=O)cc(Br)c1OCc1cccc(F)c1. The van der Waals surface area contributed by atoms with E-state index < -0.39 is 11.7 Å². The van der Waals surface area contributed by atoms with Gasteiger partial charge in [-0.1, -0.05) is 48.2 Å². The Morgan fingerprint density at radius 3 is 2.64 bits per heavy atom. The third kappa shape index (κ3) is 5.10. The number of halogens is 3. The van der Waals surface area contributed by atoms with Crippen molar-refractivity contribution in [2.75, 3.05) is 12.0 Å². The normalized spacial score (nSPS) is 14.8. The monoisotopic (exact) mass is 547 g/mol. The minimum Gasteiger partial charge on any atom is -0.493 e. The van der Waals surface area contributed by atoms with Gasteiger partial charge in [0.15, 0.2) is 15.8 Å². The Morgan fingerprint density at radius 1 is 1.12 bits per heavy atom. The highest BCUT2D eigenvalue weighted by Crippen LogP contribution is 2.40.